The van der Waals surface area contributed by atoms with E-state index in [9.17, 15) is 10.1 Å². The quantitative estimate of drug-likeness (QED) is 0.656. The van der Waals surface area contributed by atoms with Gasteiger partial charge in [0.15, 0.2) is 0 Å². The third kappa shape index (κ3) is 3.15. The third-order valence-electron chi connectivity index (χ3n) is 3.66. The molecule has 0 bridgehead atoms. The second-order valence-electron chi connectivity index (χ2n) is 4.92. The number of nitro groups is 1. The Morgan fingerprint density at radius 2 is 2.06 bits per heavy atom. The summed E-state index contributed by atoms with van der Waals surface area (Å²) in [6, 6.07) is 0. The van der Waals surface area contributed by atoms with Crippen LogP contribution < -0.4 is 5.32 Å². The summed E-state index contributed by atoms with van der Waals surface area (Å²) in [5.74, 6) is 1.85. The van der Waals surface area contributed by atoms with Gasteiger partial charge in [-0.2, -0.15) is 0 Å². The molecule has 0 amide bonds. The zero-order valence-electron chi connectivity index (χ0n) is 10.5. The van der Waals surface area contributed by atoms with E-state index >= 15 is 0 Å². The van der Waals surface area contributed by atoms with Crippen LogP contribution in [0.15, 0.2) is 12.4 Å². The molecule has 98 valence electrons. The van der Waals surface area contributed by atoms with Crippen molar-refractivity contribution >= 4 is 11.6 Å². The van der Waals surface area contributed by atoms with Crippen molar-refractivity contribution in [3.8, 4) is 0 Å². The summed E-state index contributed by atoms with van der Waals surface area (Å²) < 4.78 is 0. The molecule has 1 fully saturated rings. The number of hydrogen-bond acceptors (Lipinski definition) is 5. The molecule has 1 N–H and O–H groups in total. The van der Waals surface area contributed by atoms with Crippen molar-refractivity contribution in [3.63, 3.8) is 0 Å². The fourth-order valence-electron chi connectivity index (χ4n) is 2.43. The predicted molar refractivity (Wildman–Crippen MR) is 68.3 cm³/mol. The van der Waals surface area contributed by atoms with E-state index in [2.05, 4.69) is 22.2 Å². The van der Waals surface area contributed by atoms with Gasteiger partial charge >= 0.3 is 5.69 Å². The minimum Gasteiger partial charge on any atom is -0.354 e. The highest BCUT2D eigenvalue weighted by Crippen LogP contribution is 2.29. The van der Waals surface area contributed by atoms with Gasteiger partial charge < -0.3 is 5.32 Å². The molecule has 18 heavy (non-hydrogen) atoms. The monoisotopic (exact) mass is 250 g/mol. The SMILES string of the molecule is CC1CCCCC1CNc1ncc([N+](=O)[O-])cn1. The molecule has 6 heteroatoms. The summed E-state index contributed by atoms with van der Waals surface area (Å²) in [6.45, 7) is 3.13. The fraction of sp³-hybridized carbons (Fsp3) is 0.667. The molecular formula is C12H18N4O2. The molecule has 1 saturated carbocycles. The zero-order chi connectivity index (χ0) is 13.0. The Labute approximate surface area is 106 Å². The zero-order valence-corrected chi connectivity index (χ0v) is 10.5. The molecule has 2 rings (SSSR count). The van der Waals surface area contributed by atoms with Gasteiger partial charge in [-0.25, -0.2) is 9.97 Å². The van der Waals surface area contributed by atoms with Crippen LogP contribution in [0.3, 0.4) is 0 Å². The highest BCUT2D eigenvalue weighted by molar-refractivity contribution is 5.30. The van der Waals surface area contributed by atoms with Crippen LogP contribution in [0, 0.1) is 22.0 Å². The van der Waals surface area contributed by atoms with Gasteiger partial charge in [0.05, 0.1) is 4.92 Å². The Balaban J connectivity index is 1.87. The lowest BCUT2D eigenvalue weighted by Gasteiger charge is -2.28. The molecule has 1 aliphatic carbocycles. The second-order valence-corrected chi connectivity index (χ2v) is 4.92. The summed E-state index contributed by atoms with van der Waals surface area (Å²) in [7, 11) is 0. The lowest BCUT2D eigenvalue weighted by molar-refractivity contribution is -0.385. The van der Waals surface area contributed by atoms with Crippen molar-refractivity contribution in [2.45, 2.75) is 32.6 Å². The number of anilines is 1. The summed E-state index contributed by atoms with van der Waals surface area (Å²) in [4.78, 5) is 17.9. The van der Waals surface area contributed by atoms with Gasteiger partial charge in [0.1, 0.15) is 12.4 Å². The molecule has 0 radical (unpaired) electrons. The highest BCUT2D eigenvalue weighted by Gasteiger charge is 2.21. The third-order valence-corrected chi connectivity index (χ3v) is 3.66. The minimum atomic E-state index is -0.493. The Morgan fingerprint density at radius 3 is 2.67 bits per heavy atom. The van der Waals surface area contributed by atoms with Crippen LogP contribution in [0.5, 0.6) is 0 Å². The molecule has 0 spiro atoms. The Bertz CT molecular complexity index is 407. The summed E-state index contributed by atoms with van der Waals surface area (Å²) in [6.07, 6.45) is 7.61. The smallest absolute Gasteiger partial charge is 0.305 e. The minimum absolute atomic E-state index is 0.0772. The maximum atomic E-state index is 10.5. The lowest BCUT2D eigenvalue weighted by atomic mass is 9.80. The molecule has 1 aromatic heterocycles. The predicted octanol–water partition coefficient (Wildman–Crippen LogP) is 2.62. The van der Waals surface area contributed by atoms with Crippen LogP contribution >= 0.6 is 0 Å². The van der Waals surface area contributed by atoms with E-state index in [-0.39, 0.29) is 5.69 Å². The molecule has 0 saturated heterocycles. The van der Waals surface area contributed by atoms with Crippen molar-refractivity contribution in [1.82, 2.24) is 9.97 Å². The molecule has 1 aromatic rings. The van der Waals surface area contributed by atoms with Crippen molar-refractivity contribution in [1.29, 1.82) is 0 Å². The second kappa shape index (κ2) is 5.75. The first-order chi connectivity index (χ1) is 8.66. The normalized spacial score (nSPS) is 23.6. The molecule has 1 heterocycles. The molecular weight excluding hydrogens is 232 g/mol. The van der Waals surface area contributed by atoms with E-state index < -0.39 is 4.92 Å². The number of rotatable bonds is 4. The number of nitrogens with zero attached hydrogens (tertiary/aromatic N) is 3. The Morgan fingerprint density at radius 1 is 1.39 bits per heavy atom. The van der Waals surface area contributed by atoms with E-state index in [0.717, 1.165) is 12.5 Å². The Hall–Kier alpha value is -1.72. The first-order valence-corrected chi connectivity index (χ1v) is 6.37. The number of nitrogens with one attached hydrogen (secondary N) is 1. The summed E-state index contributed by atoms with van der Waals surface area (Å²) in [5, 5.41) is 13.6. The molecule has 0 aliphatic heterocycles. The van der Waals surface area contributed by atoms with Crippen LogP contribution in [0.1, 0.15) is 32.6 Å². The van der Waals surface area contributed by atoms with Crippen molar-refractivity contribution in [3.05, 3.63) is 22.5 Å². The van der Waals surface area contributed by atoms with Crippen LogP contribution in [0.25, 0.3) is 0 Å². The molecule has 2 atom stereocenters. The average Bonchev–Trinajstić information content (AvgIpc) is 2.38. The van der Waals surface area contributed by atoms with Gasteiger partial charge in [-0.15, -0.1) is 0 Å². The van der Waals surface area contributed by atoms with E-state index in [4.69, 9.17) is 0 Å². The average molecular weight is 250 g/mol. The maximum absolute atomic E-state index is 10.5. The first kappa shape index (κ1) is 12.7. The van der Waals surface area contributed by atoms with Crippen LogP contribution in [0.2, 0.25) is 0 Å². The largest absolute Gasteiger partial charge is 0.354 e. The number of aromatic nitrogens is 2. The summed E-state index contributed by atoms with van der Waals surface area (Å²) in [5.41, 5.74) is -0.0772. The topological polar surface area (TPSA) is 81.0 Å². The van der Waals surface area contributed by atoms with E-state index in [1.807, 2.05) is 0 Å². The molecule has 6 nitrogen and oxygen atoms in total. The fourth-order valence-corrected chi connectivity index (χ4v) is 2.43. The van der Waals surface area contributed by atoms with Crippen LogP contribution in [-0.4, -0.2) is 21.4 Å². The standard InChI is InChI=1S/C12H18N4O2/c1-9-4-2-3-5-10(9)6-13-12-14-7-11(8-15-12)16(17)18/h7-10H,2-6H2,1H3,(H,13,14,15). The van der Waals surface area contributed by atoms with Gasteiger partial charge in [-0.3, -0.25) is 10.1 Å². The lowest BCUT2D eigenvalue weighted by Crippen LogP contribution is -2.24. The van der Waals surface area contributed by atoms with Crippen LogP contribution in [0.4, 0.5) is 11.6 Å². The van der Waals surface area contributed by atoms with Crippen molar-refractivity contribution in [2.24, 2.45) is 11.8 Å². The van der Waals surface area contributed by atoms with Crippen LogP contribution in [-0.2, 0) is 0 Å². The van der Waals surface area contributed by atoms with Gasteiger partial charge in [0.25, 0.3) is 0 Å². The first-order valence-electron chi connectivity index (χ1n) is 6.37. The van der Waals surface area contributed by atoms with Gasteiger partial charge in [-0.1, -0.05) is 26.2 Å². The summed E-state index contributed by atoms with van der Waals surface area (Å²) >= 11 is 0. The van der Waals surface area contributed by atoms with Crippen molar-refractivity contribution in [2.75, 3.05) is 11.9 Å². The molecule has 1 aliphatic rings. The van der Waals surface area contributed by atoms with E-state index in [1.165, 1.54) is 38.1 Å². The highest BCUT2D eigenvalue weighted by atomic mass is 16.6. The van der Waals surface area contributed by atoms with Gasteiger partial charge in [0, 0.05) is 6.54 Å². The maximum Gasteiger partial charge on any atom is 0.305 e. The Kier molecular flexibility index (Phi) is 4.07. The van der Waals surface area contributed by atoms with E-state index in [1.54, 1.807) is 0 Å². The molecule has 2 unspecified atom stereocenters. The molecule has 0 aromatic carbocycles. The van der Waals surface area contributed by atoms with Gasteiger partial charge in [-0.05, 0) is 18.3 Å². The van der Waals surface area contributed by atoms with Crippen molar-refractivity contribution < 1.29 is 4.92 Å². The van der Waals surface area contributed by atoms with Gasteiger partial charge in [0.2, 0.25) is 5.95 Å². The van der Waals surface area contributed by atoms with E-state index in [0.29, 0.717) is 11.9 Å². The number of hydrogen-bond donors (Lipinski definition) is 1.